The number of benzene rings is 1. The van der Waals surface area contributed by atoms with Gasteiger partial charge in [0.2, 0.25) is 11.8 Å². The van der Waals surface area contributed by atoms with Gasteiger partial charge in [0.05, 0.1) is 5.56 Å². The summed E-state index contributed by atoms with van der Waals surface area (Å²) in [4.78, 5) is 17.9. The number of carbonyl (C=O) groups is 1. The summed E-state index contributed by atoms with van der Waals surface area (Å²) < 4.78 is 5.86. The van der Waals surface area contributed by atoms with Gasteiger partial charge >= 0.3 is 0 Å². The number of ether oxygens (including phenoxy) is 1. The summed E-state index contributed by atoms with van der Waals surface area (Å²) in [6.45, 7) is 5.62. The molecule has 0 fully saturated rings. The quantitative estimate of drug-likeness (QED) is 0.706. The summed E-state index contributed by atoms with van der Waals surface area (Å²) >= 11 is 0. The van der Waals surface area contributed by atoms with Crippen molar-refractivity contribution in [3.63, 3.8) is 0 Å². The summed E-state index contributed by atoms with van der Waals surface area (Å²) in [7, 11) is 0. The van der Waals surface area contributed by atoms with E-state index in [1.165, 1.54) is 56.0 Å². The summed E-state index contributed by atoms with van der Waals surface area (Å²) in [5, 5.41) is 0. The van der Waals surface area contributed by atoms with E-state index in [2.05, 4.69) is 28.9 Å². The second kappa shape index (κ2) is 9.51. The van der Waals surface area contributed by atoms with Crippen molar-refractivity contribution in [2.45, 2.75) is 52.0 Å². The molecule has 1 aromatic heterocycles. The van der Waals surface area contributed by atoms with E-state index < -0.39 is 5.91 Å². The number of fused-ring (bicyclic) bond motifs is 1. The van der Waals surface area contributed by atoms with Crippen molar-refractivity contribution in [2.75, 3.05) is 13.1 Å². The van der Waals surface area contributed by atoms with Gasteiger partial charge in [-0.15, -0.1) is 0 Å². The third-order valence-corrected chi connectivity index (χ3v) is 5.06. The van der Waals surface area contributed by atoms with E-state index >= 15 is 0 Å². The molecule has 5 nitrogen and oxygen atoms in total. The molecule has 144 valence electrons. The van der Waals surface area contributed by atoms with Gasteiger partial charge in [0.15, 0.2) is 0 Å². The zero-order chi connectivity index (χ0) is 19.1. The van der Waals surface area contributed by atoms with Crippen molar-refractivity contribution < 1.29 is 9.53 Å². The van der Waals surface area contributed by atoms with Gasteiger partial charge in [-0.05, 0) is 61.7 Å². The molecule has 0 unspecified atom stereocenters. The van der Waals surface area contributed by atoms with Crippen LogP contribution in [0.5, 0.6) is 11.6 Å². The van der Waals surface area contributed by atoms with Crippen LogP contribution in [0, 0.1) is 0 Å². The molecule has 2 N–H and O–H groups in total. The SMILES string of the molecule is CCCCCCN1CCCc2cc(Oc3ccc(C(N)=O)cn3)ccc2C1. The Bertz CT molecular complexity index is 759. The number of primary amides is 1. The molecule has 0 atom stereocenters. The van der Waals surface area contributed by atoms with Crippen molar-refractivity contribution in [1.29, 1.82) is 0 Å². The Kier molecular flexibility index (Phi) is 6.82. The van der Waals surface area contributed by atoms with E-state index in [0.717, 1.165) is 25.3 Å². The molecule has 27 heavy (non-hydrogen) atoms. The molecule has 1 amide bonds. The molecule has 2 heterocycles. The minimum absolute atomic E-state index is 0.378. The van der Waals surface area contributed by atoms with Crippen molar-refractivity contribution >= 4 is 5.91 Å². The van der Waals surface area contributed by atoms with E-state index in [4.69, 9.17) is 10.5 Å². The zero-order valence-corrected chi connectivity index (χ0v) is 16.1. The number of carbonyl (C=O) groups excluding carboxylic acids is 1. The van der Waals surface area contributed by atoms with Gasteiger partial charge in [-0.3, -0.25) is 9.69 Å². The first-order valence-corrected chi connectivity index (χ1v) is 9.93. The van der Waals surface area contributed by atoms with Gasteiger partial charge < -0.3 is 10.5 Å². The maximum atomic E-state index is 11.1. The van der Waals surface area contributed by atoms with Crippen LogP contribution in [0.2, 0.25) is 0 Å². The molecular formula is C22H29N3O2. The Morgan fingerprint density at radius 1 is 1.19 bits per heavy atom. The molecule has 1 aromatic carbocycles. The van der Waals surface area contributed by atoms with Crippen LogP contribution in [0.25, 0.3) is 0 Å². The van der Waals surface area contributed by atoms with Crippen LogP contribution >= 0.6 is 0 Å². The molecule has 5 heteroatoms. The summed E-state index contributed by atoms with van der Waals surface area (Å²) in [5.74, 6) is 0.758. The highest BCUT2D eigenvalue weighted by molar-refractivity contribution is 5.92. The number of hydrogen-bond acceptors (Lipinski definition) is 4. The molecule has 3 rings (SSSR count). The van der Waals surface area contributed by atoms with Crippen LogP contribution in [0.1, 0.15) is 60.5 Å². The number of nitrogens with zero attached hydrogens (tertiary/aromatic N) is 2. The first-order chi connectivity index (χ1) is 13.2. The van der Waals surface area contributed by atoms with E-state index in [-0.39, 0.29) is 0 Å². The molecule has 2 aromatic rings. The predicted octanol–water partition coefficient (Wildman–Crippen LogP) is 4.30. The first kappa shape index (κ1) is 19.4. The molecule has 1 aliphatic rings. The normalized spacial score (nSPS) is 14.4. The van der Waals surface area contributed by atoms with Gasteiger partial charge in [0, 0.05) is 18.8 Å². The minimum atomic E-state index is -0.488. The topological polar surface area (TPSA) is 68.5 Å². The first-order valence-electron chi connectivity index (χ1n) is 9.93. The predicted molar refractivity (Wildman–Crippen MR) is 107 cm³/mol. The lowest BCUT2D eigenvalue weighted by Crippen LogP contribution is -2.24. The zero-order valence-electron chi connectivity index (χ0n) is 16.1. The van der Waals surface area contributed by atoms with Crippen LogP contribution in [0.3, 0.4) is 0 Å². The standard InChI is InChI=1S/C22H29N3O2/c1-2-3-4-5-12-25-13-6-7-17-14-20(10-8-19(17)16-25)27-21-11-9-18(15-24-21)22(23)26/h8-11,14-15H,2-7,12-13,16H2,1H3,(H2,23,26). The van der Waals surface area contributed by atoms with E-state index in [1.807, 2.05) is 6.07 Å². The number of aryl methyl sites for hydroxylation is 1. The maximum Gasteiger partial charge on any atom is 0.250 e. The summed E-state index contributed by atoms with van der Waals surface area (Å²) in [6.07, 6.45) is 8.93. The smallest absolute Gasteiger partial charge is 0.250 e. The highest BCUT2D eigenvalue weighted by Crippen LogP contribution is 2.26. The monoisotopic (exact) mass is 367 g/mol. The van der Waals surface area contributed by atoms with Gasteiger partial charge in [-0.25, -0.2) is 4.98 Å². The molecular weight excluding hydrogens is 338 g/mol. The molecule has 0 aliphatic carbocycles. The molecule has 0 spiro atoms. The van der Waals surface area contributed by atoms with Crippen molar-refractivity contribution in [2.24, 2.45) is 5.73 Å². The van der Waals surface area contributed by atoms with E-state index in [9.17, 15) is 4.79 Å². The van der Waals surface area contributed by atoms with Crippen LogP contribution in [0.15, 0.2) is 36.5 Å². The van der Waals surface area contributed by atoms with Crippen LogP contribution in [-0.2, 0) is 13.0 Å². The number of aromatic nitrogens is 1. The van der Waals surface area contributed by atoms with E-state index in [1.54, 1.807) is 12.1 Å². The second-order valence-electron chi connectivity index (χ2n) is 7.22. The average Bonchev–Trinajstić information content (AvgIpc) is 2.87. The molecule has 0 saturated heterocycles. The van der Waals surface area contributed by atoms with Crippen LogP contribution in [0.4, 0.5) is 0 Å². The number of pyridine rings is 1. The minimum Gasteiger partial charge on any atom is -0.439 e. The third kappa shape index (κ3) is 5.54. The number of unbranched alkanes of at least 4 members (excludes halogenated alkanes) is 3. The highest BCUT2D eigenvalue weighted by atomic mass is 16.5. The van der Waals surface area contributed by atoms with Crippen molar-refractivity contribution in [3.8, 4) is 11.6 Å². The van der Waals surface area contributed by atoms with E-state index in [0.29, 0.717) is 11.4 Å². The number of amides is 1. The largest absolute Gasteiger partial charge is 0.439 e. The van der Waals surface area contributed by atoms with Gasteiger partial charge in [-0.1, -0.05) is 32.3 Å². The van der Waals surface area contributed by atoms with Gasteiger partial charge in [-0.2, -0.15) is 0 Å². The van der Waals surface area contributed by atoms with Crippen molar-refractivity contribution in [3.05, 3.63) is 53.2 Å². The van der Waals surface area contributed by atoms with Gasteiger partial charge in [0.1, 0.15) is 5.75 Å². The second-order valence-corrected chi connectivity index (χ2v) is 7.22. The van der Waals surface area contributed by atoms with Crippen LogP contribution < -0.4 is 10.5 Å². The number of rotatable bonds is 8. The lowest BCUT2D eigenvalue weighted by atomic mass is 10.0. The number of nitrogens with two attached hydrogens (primary N) is 1. The Labute approximate surface area is 161 Å². The average molecular weight is 367 g/mol. The van der Waals surface area contributed by atoms with Crippen molar-refractivity contribution in [1.82, 2.24) is 9.88 Å². The molecule has 1 aliphatic heterocycles. The third-order valence-electron chi connectivity index (χ3n) is 5.06. The molecule has 0 bridgehead atoms. The lowest BCUT2D eigenvalue weighted by molar-refractivity contribution is 0.1000. The van der Waals surface area contributed by atoms with Gasteiger partial charge in [0.25, 0.3) is 0 Å². The fourth-order valence-electron chi connectivity index (χ4n) is 3.53. The maximum absolute atomic E-state index is 11.1. The fraction of sp³-hybridized carbons (Fsp3) is 0.455. The fourth-order valence-corrected chi connectivity index (χ4v) is 3.53. The Balaban J connectivity index is 1.62. The summed E-state index contributed by atoms with van der Waals surface area (Å²) in [5.41, 5.74) is 8.37. The number of hydrogen-bond donors (Lipinski definition) is 1. The molecule has 0 radical (unpaired) electrons. The Morgan fingerprint density at radius 3 is 2.81 bits per heavy atom. The molecule has 0 saturated carbocycles. The van der Waals surface area contributed by atoms with Crippen LogP contribution in [-0.4, -0.2) is 28.9 Å². The summed E-state index contributed by atoms with van der Waals surface area (Å²) in [6, 6.07) is 9.60. The Hall–Kier alpha value is -2.40. The Morgan fingerprint density at radius 2 is 2.07 bits per heavy atom. The lowest BCUT2D eigenvalue weighted by Gasteiger charge is -2.20. The highest BCUT2D eigenvalue weighted by Gasteiger charge is 2.15.